The smallest absolute Gasteiger partial charge is 0.191 e. The lowest BCUT2D eigenvalue weighted by molar-refractivity contribution is 0.428. The number of aliphatic imine (C=N–C) groups is 1. The summed E-state index contributed by atoms with van der Waals surface area (Å²) in [6.07, 6.45) is 9.06. The van der Waals surface area contributed by atoms with Crippen LogP contribution in [0.3, 0.4) is 0 Å². The first kappa shape index (κ1) is 17.3. The van der Waals surface area contributed by atoms with Crippen LogP contribution in [0.5, 0.6) is 0 Å². The Balaban J connectivity index is 0.00000200. The van der Waals surface area contributed by atoms with E-state index in [-0.39, 0.29) is 24.0 Å². The Morgan fingerprint density at radius 1 is 1.35 bits per heavy atom. The zero-order valence-electron chi connectivity index (χ0n) is 12.3. The third-order valence-electron chi connectivity index (χ3n) is 3.74. The number of hydrogen-bond donors (Lipinski definition) is 2. The number of guanidine groups is 1. The minimum atomic E-state index is 0. The van der Waals surface area contributed by atoms with E-state index in [0.717, 1.165) is 44.1 Å². The quantitative estimate of drug-likeness (QED) is 0.359. The standard InChI is InChI=1S/C14H25N5.HI/c1-12-13(11-17-18-12)7-6-8-16-14(15)19-9-4-2-3-5-10-19;/h11H,2-10H2,1H3,(H2,15,16)(H,17,18);1H. The molecule has 1 aliphatic heterocycles. The molecule has 0 spiro atoms. The first-order valence-corrected chi connectivity index (χ1v) is 7.31. The number of aryl methyl sites for hydroxylation is 2. The molecule has 1 fully saturated rings. The molecule has 2 rings (SSSR count). The Kier molecular flexibility index (Phi) is 7.94. The highest BCUT2D eigenvalue weighted by Gasteiger charge is 2.10. The average molecular weight is 391 g/mol. The number of nitrogens with one attached hydrogen (secondary N) is 1. The molecule has 0 saturated carbocycles. The Morgan fingerprint density at radius 3 is 2.65 bits per heavy atom. The molecule has 114 valence electrons. The molecule has 5 nitrogen and oxygen atoms in total. The van der Waals surface area contributed by atoms with Crippen LogP contribution in [0.25, 0.3) is 0 Å². The molecule has 0 unspecified atom stereocenters. The number of aromatic nitrogens is 2. The van der Waals surface area contributed by atoms with Gasteiger partial charge in [0.05, 0.1) is 6.20 Å². The second-order valence-corrected chi connectivity index (χ2v) is 5.26. The van der Waals surface area contributed by atoms with E-state index in [4.69, 9.17) is 5.73 Å². The predicted octanol–water partition coefficient (Wildman–Crippen LogP) is 2.46. The summed E-state index contributed by atoms with van der Waals surface area (Å²) in [7, 11) is 0. The Hall–Kier alpha value is -0.790. The normalized spacial score (nSPS) is 16.6. The van der Waals surface area contributed by atoms with Crippen molar-refractivity contribution in [1.29, 1.82) is 0 Å². The molecule has 0 atom stereocenters. The summed E-state index contributed by atoms with van der Waals surface area (Å²) in [5.74, 6) is 0.728. The van der Waals surface area contributed by atoms with E-state index in [1.165, 1.54) is 31.2 Å². The van der Waals surface area contributed by atoms with Gasteiger partial charge in [0, 0.05) is 25.3 Å². The van der Waals surface area contributed by atoms with Crippen molar-refractivity contribution in [1.82, 2.24) is 15.1 Å². The zero-order chi connectivity index (χ0) is 13.5. The molecule has 1 aliphatic rings. The van der Waals surface area contributed by atoms with Crippen LogP contribution in [0.2, 0.25) is 0 Å². The van der Waals surface area contributed by atoms with Gasteiger partial charge in [-0.25, -0.2) is 0 Å². The molecule has 1 saturated heterocycles. The van der Waals surface area contributed by atoms with Crippen molar-refractivity contribution < 1.29 is 0 Å². The molecule has 0 aromatic carbocycles. The lowest BCUT2D eigenvalue weighted by Gasteiger charge is -2.21. The molecule has 6 heteroatoms. The molecule has 0 radical (unpaired) electrons. The number of aromatic amines is 1. The molecule has 2 heterocycles. The van der Waals surface area contributed by atoms with E-state index in [1.54, 1.807) is 0 Å². The lowest BCUT2D eigenvalue weighted by Crippen LogP contribution is -2.38. The largest absolute Gasteiger partial charge is 0.370 e. The second-order valence-electron chi connectivity index (χ2n) is 5.26. The number of halogens is 1. The first-order chi connectivity index (χ1) is 9.27. The van der Waals surface area contributed by atoms with Gasteiger partial charge in [-0.15, -0.1) is 24.0 Å². The zero-order valence-corrected chi connectivity index (χ0v) is 14.6. The summed E-state index contributed by atoms with van der Waals surface area (Å²) < 4.78 is 0. The third kappa shape index (κ3) is 5.30. The Bertz CT molecular complexity index is 407. The van der Waals surface area contributed by atoms with E-state index in [0.29, 0.717) is 0 Å². The predicted molar refractivity (Wildman–Crippen MR) is 93.6 cm³/mol. The van der Waals surface area contributed by atoms with E-state index >= 15 is 0 Å². The van der Waals surface area contributed by atoms with Gasteiger partial charge in [0.15, 0.2) is 5.96 Å². The van der Waals surface area contributed by atoms with Crippen molar-refractivity contribution in [3.63, 3.8) is 0 Å². The van der Waals surface area contributed by atoms with Gasteiger partial charge in [-0.1, -0.05) is 12.8 Å². The Morgan fingerprint density at radius 2 is 2.05 bits per heavy atom. The van der Waals surface area contributed by atoms with Crippen LogP contribution < -0.4 is 5.73 Å². The van der Waals surface area contributed by atoms with Crippen molar-refractivity contribution in [2.24, 2.45) is 10.7 Å². The van der Waals surface area contributed by atoms with E-state index in [9.17, 15) is 0 Å². The van der Waals surface area contributed by atoms with Crippen LogP contribution in [-0.2, 0) is 6.42 Å². The van der Waals surface area contributed by atoms with E-state index in [1.807, 2.05) is 6.20 Å². The molecule has 0 aliphatic carbocycles. The SMILES string of the molecule is Cc1[nH]ncc1CCCN=C(N)N1CCCCCC1.I. The molecular weight excluding hydrogens is 365 g/mol. The van der Waals surface area contributed by atoms with Crippen LogP contribution in [0.4, 0.5) is 0 Å². The fraction of sp³-hybridized carbons (Fsp3) is 0.714. The van der Waals surface area contributed by atoms with E-state index < -0.39 is 0 Å². The van der Waals surface area contributed by atoms with Gasteiger partial charge >= 0.3 is 0 Å². The maximum atomic E-state index is 6.06. The minimum absolute atomic E-state index is 0. The fourth-order valence-electron chi connectivity index (χ4n) is 2.49. The van der Waals surface area contributed by atoms with Crippen LogP contribution in [0.15, 0.2) is 11.2 Å². The van der Waals surface area contributed by atoms with Crippen molar-refractivity contribution in [2.75, 3.05) is 19.6 Å². The van der Waals surface area contributed by atoms with Crippen LogP contribution in [-0.4, -0.2) is 40.7 Å². The number of rotatable bonds is 4. The number of nitrogens with two attached hydrogens (primary N) is 1. The number of nitrogens with zero attached hydrogens (tertiary/aromatic N) is 3. The lowest BCUT2D eigenvalue weighted by atomic mass is 10.1. The molecule has 0 amide bonds. The number of hydrogen-bond acceptors (Lipinski definition) is 2. The summed E-state index contributed by atoms with van der Waals surface area (Å²) in [6.45, 7) is 4.98. The van der Waals surface area contributed by atoms with Crippen LogP contribution in [0.1, 0.15) is 43.4 Å². The fourth-order valence-corrected chi connectivity index (χ4v) is 2.49. The van der Waals surface area contributed by atoms with Crippen molar-refractivity contribution in [2.45, 2.75) is 45.4 Å². The minimum Gasteiger partial charge on any atom is -0.370 e. The van der Waals surface area contributed by atoms with Crippen LogP contribution in [0, 0.1) is 6.92 Å². The monoisotopic (exact) mass is 391 g/mol. The summed E-state index contributed by atoms with van der Waals surface area (Å²) in [5, 5.41) is 6.98. The molecule has 20 heavy (non-hydrogen) atoms. The number of likely N-dealkylation sites (tertiary alicyclic amines) is 1. The Labute approximate surface area is 138 Å². The summed E-state index contributed by atoms with van der Waals surface area (Å²) in [5.41, 5.74) is 8.50. The van der Waals surface area contributed by atoms with Crippen molar-refractivity contribution in [3.05, 3.63) is 17.5 Å². The summed E-state index contributed by atoms with van der Waals surface area (Å²) in [6, 6.07) is 0. The van der Waals surface area contributed by atoms with Crippen molar-refractivity contribution >= 4 is 29.9 Å². The topological polar surface area (TPSA) is 70.3 Å². The molecule has 3 N–H and O–H groups in total. The van der Waals surface area contributed by atoms with Gasteiger partial charge in [-0.2, -0.15) is 5.10 Å². The van der Waals surface area contributed by atoms with Crippen LogP contribution >= 0.6 is 24.0 Å². The molecule has 1 aromatic rings. The average Bonchev–Trinajstić information content (AvgIpc) is 2.68. The molecule has 1 aromatic heterocycles. The maximum absolute atomic E-state index is 6.06. The summed E-state index contributed by atoms with van der Waals surface area (Å²) in [4.78, 5) is 6.74. The molecular formula is C14H26IN5. The van der Waals surface area contributed by atoms with Gasteiger partial charge in [-0.3, -0.25) is 10.1 Å². The summed E-state index contributed by atoms with van der Waals surface area (Å²) >= 11 is 0. The van der Waals surface area contributed by atoms with Gasteiger partial charge in [0.2, 0.25) is 0 Å². The van der Waals surface area contributed by atoms with Gasteiger partial charge in [0.1, 0.15) is 0 Å². The molecule has 0 bridgehead atoms. The first-order valence-electron chi connectivity index (χ1n) is 7.31. The van der Waals surface area contributed by atoms with E-state index in [2.05, 4.69) is 27.0 Å². The third-order valence-corrected chi connectivity index (χ3v) is 3.74. The highest BCUT2D eigenvalue weighted by Crippen LogP contribution is 2.09. The van der Waals surface area contributed by atoms with Gasteiger partial charge < -0.3 is 10.6 Å². The van der Waals surface area contributed by atoms with Gasteiger partial charge in [0.25, 0.3) is 0 Å². The van der Waals surface area contributed by atoms with Gasteiger partial charge in [-0.05, 0) is 38.2 Å². The number of H-pyrrole nitrogens is 1. The highest BCUT2D eigenvalue weighted by molar-refractivity contribution is 14.0. The second kappa shape index (κ2) is 9.20. The highest BCUT2D eigenvalue weighted by atomic mass is 127. The maximum Gasteiger partial charge on any atom is 0.191 e. The van der Waals surface area contributed by atoms with Crippen molar-refractivity contribution in [3.8, 4) is 0 Å².